The first-order chi connectivity index (χ1) is 8.50. The summed E-state index contributed by atoms with van der Waals surface area (Å²) in [5.74, 6) is 0.272. The first-order valence-corrected chi connectivity index (χ1v) is 7.02. The highest BCUT2D eigenvalue weighted by Crippen LogP contribution is 2.21. The van der Waals surface area contributed by atoms with Crippen molar-refractivity contribution in [2.45, 2.75) is 13.5 Å². The van der Waals surface area contributed by atoms with Crippen LogP contribution >= 0.6 is 38.5 Å². The summed E-state index contributed by atoms with van der Waals surface area (Å²) in [6.45, 7) is 2.05. The summed E-state index contributed by atoms with van der Waals surface area (Å²) in [5, 5.41) is 0. The molecule has 0 spiro atoms. The lowest BCUT2D eigenvalue weighted by Gasteiger charge is -2.11. The largest absolute Gasteiger partial charge is 0.291 e. The maximum atomic E-state index is 13.4. The van der Waals surface area contributed by atoms with Crippen molar-refractivity contribution < 1.29 is 4.39 Å². The third-order valence-corrected chi connectivity index (χ3v) is 4.19. The minimum absolute atomic E-state index is 0.112. The second kappa shape index (κ2) is 5.48. The molecule has 2 rings (SSSR count). The third-order valence-electron chi connectivity index (χ3n) is 2.56. The number of aromatic nitrogens is 2. The Morgan fingerprint density at radius 3 is 2.94 bits per heavy atom. The second-order valence-electron chi connectivity index (χ2n) is 3.76. The molecule has 0 aliphatic carbocycles. The minimum Gasteiger partial charge on any atom is -0.291 e. The molecule has 2 aromatic rings. The molecule has 0 N–H and O–H groups in total. The Morgan fingerprint density at radius 1 is 1.50 bits per heavy atom. The lowest BCUT2D eigenvalue weighted by atomic mass is 10.2. The van der Waals surface area contributed by atoms with Crippen LogP contribution in [0.15, 0.2) is 33.7 Å². The van der Waals surface area contributed by atoms with Gasteiger partial charge in [0.05, 0.1) is 14.6 Å². The number of nitrogens with zero attached hydrogens (tertiary/aromatic N) is 2. The van der Waals surface area contributed by atoms with Gasteiger partial charge in [0.1, 0.15) is 11.6 Å². The topological polar surface area (TPSA) is 34.9 Å². The Hall–Kier alpha value is -0.760. The monoisotopic (exact) mass is 422 g/mol. The van der Waals surface area contributed by atoms with E-state index in [9.17, 15) is 9.18 Å². The van der Waals surface area contributed by atoms with Gasteiger partial charge in [0, 0.05) is 6.20 Å². The third kappa shape index (κ3) is 2.64. The average molecular weight is 423 g/mol. The summed E-state index contributed by atoms with van der Waals surface area (Å²) < 4.78 is 15.9. The van der Waals surface area contributed by atoms with Crippen molar-refractivity contribution in [2.24, 2.45) is 0 Å². The van der Waals surface area contributed by atoms with Crippen LogP contribution in [0, 0.1) is 16.3 Å². The van der Waals surface area contributed by atoms with Crippen molar-refractivity contribution in [3.8, 4) is 0 Å². The van der Waals surface area contributed by atoms with Crippen molar-refractivity contribution >= 4 is 38.5 Å². The van der Waals surface area contributed by atoms with Gasteiger partial charge in [-0.05, 0) is 57.1 Å². The van der Waals surface area contributed by atoms with Gasteiger partial charge in [0.25, 0.3) is 5.56 Å². The number of hydrogen-bond acceptors (Lipinski definition) is 2. The van der Waals surface area contributed by atoms with Crippen LogP contribution in [0.25, 0.3) is 0 Å². The van der Waals surface area contributed by atoms with Crippen LogP contribution in [0.3, 0.4) is 0 Å². The standard InChI is InChI=1S/C12H9BrFIN2O/c1-7-16-5-10(15)12(18)17(7)6-8-3-2-4-9(14)11(8)13/h2-5H,6H2,1H3. The highest BCUT2D eigenvalue weighted by Gasteiger charge is 2.10. The summed E-state index contributed by atoms with van der Waals surface area (Å²) in [4.78, 5) is 16.1. The Bertz CT molecular complexity index is 657. The Labute approximate surface area is 125 Å². The highest BCUT2D eigenvalue weighted by molar-refractivity contribution is 14.1. The van der Waals surface area contributed by atoms with Crippen molar-refractivity contribution in [1.29, 1.82) is 0 Å². The molecule has 0 amide bonds. The molecule has 3 nitrogen and oxygen atoms in total. The van der Waals surface area contributed by atoms with Crippen LogP contribution in [-0.4, -0.2) is 9.55 Å². The lowest BCUT2D eigenvalue weighted by Crippen LogP contribution is -2.26. The molecule has 0 aliphatic rings. The van der Waals surface area contributed by atoms with Crippen LogP contribution in [0.4, 0.5) is 4.39 Å². The van der Waals surface area contributed by atoms with E-state index in [4.69, 9.17) is 0 Å². The molecule has 0 fully saturated rings. The number of benzene rings is 1. The highest BCUT2D eigenvalue weighted by atomic mass is 127. The van der Waals surface area contributed by atoms with Crippen LogP contribution < -0.4 is 5.56 Å². The van der Waals surface area contributed by atoms with Crippen LogP contribution in [0.1, 0.15) is 11.4 Å². The minimum atomic E-state index is -0.336. The van der Waals surface area contributed by atoms with Gasteiger partial charge in [0.15, 0.2) is 0 Å². The molecule has 18 heavy (non-hydrogen) atoms. The predicted octanol–water partition coefficient (Wildman–Crippen LogP) is 3.11. The second-order valence-corrected chi connectivity index (χ2v) is 5.71. The van der Waals surface area contributed by atoms with E-state index in [0.717, 1.165) is 0 Å². The first kappa shape index (κ1) is 13.7. The van der Waals surface area contributed by atoms with Gasteiger partial charge in [-0.2, -0.15) is 0 Å². The molecule has 0 bridgehead atoms. The molecule has 1 aromatic heterocycles. The molecular weight excluding hydrogens is 414 g/mol. The molecule has 1 aromatic carbocycles. The van der Waals surface area contributed by atoms with E-state index in [2.05, 4.69) is 20.9 Å². The van der Waals surface area contributed by atoms with Gasteiger partial charge in [-0.3, -0.25) is 9.36 Å². The average Bonchev–Trinajstić information content (AvgIpc) is 2.35. The van der Waals surface area contributed by atoms with E-state index < -0.39 is 0 Å². The fourth-order valence-corrected chi connectivity index (χ4v) is 2.40. The molecular formula is C12H9BrFIN2O. The van der Waals surface area contributed by atoms with Gasteiger partial charge < -0.3 is 0 Å². The smallest absolute Gasteiger partial charge is 0.267 e. The van der Waals surface area contributed by atoms with Crippen molar-refractivity contribution in [1.82, 2.24) is 9.55 Å². The van der Waals surface area contributed by atoms with E-state index in [1.165, 1.54) is 16.8 Å². The quantitative estimate of drug-likeness (QED) is 0.697. The van der Waals surface area contributed by atoms with Crippen LogP contribution in [-0.2, 0) is 6.54 Å². The zero-order chi connectivity index (χ0) is 13.3. The molecule has 0 aliphatic heterocycles. The molecule has 0 radical (unpaired) electrons. The van der Waals surface area contributed by atoms with E-state index >= 15 is 0 Å². The molecule has 1 heterocycles. The van der Waals surface area contributed by atoms with Crippen molar-refractivity contribution in [3.63, 3.8) is 0 Å². The van der Waals surface area contributed by atoms with E-state index in [0.29, 0.717) is 26.0 Å². The Balaban J connectivity index is 2.50. The van der Waals surface area contributed by atoms with Crippen molar-refractivity contribution in [3.05, 3.63) is 60.0 Å². The Kier molecular flexibility index (Phi) is 4.16. The number of halogens is 3. The van der Waals surface area contributed by atoms with Crippen molar-refractivity contribution in [2.75, 3.05) is 0 Å². The Morgan fingerprint density at radius 2 is 2.22 bits per heavy atom. The first-order valence-electron chi connectivity index (χ1n) is 5.15. The van der Waals surface area contributed by atoms with Gasteiger partial charge >= 0.3 is 0 Å². The molecule has 94 valence electrons. The summed E-state index contributed by atoms with van der Waals surface area (Å²) in [5.41, 5.74) is 0.600. The summed E-state index contributed by atoms with van der Waals surface area (Å²) >= 11 is 5.14. The van der Waals surface area contributed by atoms with Crippen LogP contribution in [0.5, 0.6) is 0 Å². The summed E-state index contributed by atoms with van der Waals surface area (Å²) in [6.07, 6.45) is 1.54. The molecule has 0 saturated carbocycles. The van der Waals surface area contributed by atoms with Gasteiger partial charge in [0.2, 0.25) is 0 Å². The van der Waals surface area contributed by atoms with Gasteiger partial charge in [-0.15, -0.1) is 0 Å². The molecule has 0 atom stereocenters. The molecule has 0 unspecified atom stereocenters. The molecule has 0 saturated heterocycles. The SMILES string of the molecule is Cc1ncc(I)c(=O)n1Cc1cccc(F)c1Br. The number of aryl methyl sites for hydroxylation is 1. The fraction of sp³-hybridized carbons (Fsp3) is 0.167. The maximum Gasteiger partial charge on any atom is 0.267 e. The normalized spacial score (nSPS) is 10.7. The predicted molar refractivity (Wildman–Crippen MR) is 79.2 cm³/mol. The number of hydrogen-bond donors (Lipinski definition) is 0. The zero-order valence-corrected chi connectivity index (χ0v) is 13.2. The maximum absolute atomic E-state index is 13.4. The van der Waals surface area contributed by atoms with E-state index in [1.54, 1.807) is 19.1 Å². The zero-order valence-electron chi connectivity index (χ0n) is 9.45. The lowest BCUT2D eigenvalue weighted by molar-refractivity contribution is 0.612. The summed E-state index contributed by atoms with van der Waals surface area (Å²) in [6, 6.07) is 4.77. The molecule has 6 heteroatoms. The van der Waals surface area contributed by atoms with Gasteiger partial charge in [-0.25, -0.2) is 9.37 Å². The van der Waals surface area contributed by atoms with E-state index in [-0.39, 0.29) is 11.4 Å². The van der Waals surface area contributed by atoms with Crippen LogP contribution in [0.2, 0.25) is 0 Å². The fourth-order valence-electron chi connectivity index (χ4n) is 1.58. The summed E-state index contributed by atoms with van der Waals surface area (Å²) in [7, 11) is 0. The van der Waals surface area contributed by atoms with Gasteiger partial charge in [-0.1, -0.05) is 12.1 Å². The van der Waals surface area contributed by atoms with E-state index in [1.807, 2.05) is 22.6 Å². The number of rotatable bonds is 2.